The van der Waals surface area contributed by atoms with Gasteiger partial charge in [0.25, 0.3) is 0 Å². The Morgan fingerprint density at radius 1 is 1.24 bits per heavy atom. The van der Waals surface area contributed by atoms with E-state index in [0.29, 0.717) is 21.3 Å². The van der Waals surface area contributed by atoms with Crippen molar-refractivity contribution in [2.75, 3.05) is 16.8 Å². The van der Waals surface area contributed by atoms with E-state index >= 15 is 0 Å². The molecule has 2 rings (SSSR count). The fourth-order valence-corrected chi connectivity index (χ4v) is 2.75. The van der Waals surface area contributed by atoms with Crippen molar-refractivity contribution in [2.45, 2.75) is 11.8 Å². The summed E-state index contributed by atoms with van der Waals surface area (Å²) < 4.78 is 12.1. The van der Waals surface area contributed by atoms with E-state index in [1.54, 1.807) is 36.4 Å². The van der Waals surface area contributed by atoms with Crippen LogP contribution in [0.3, 0.4) is 0 Å². The summed E-state index contributed by atoms with van der Waals surface area (Å²) in [5.41, 5.74) is 7.92. The maximum atomic E-state index is 12.1. The zero-order valence-electron chi connectivity index (χ0n) is 11.4. The highest BCUT2D eigenvalue weighted by Crippen LogP contribution is 2.17. The Bertz CT molecular complexity index is 687. The Kier molecular flexibility index (Phi) is 4.98. The molecule has 0 bridgehead atoms. The highest BCUT2D eigenvalue weighted by atomic mass is 35.5. The predicted octanol–water partition coefficient (Wildman–Crippen LogP) is 2.98. The molecule has 0 aliphatic carbocycles. The third kappa shape index (κ3) is 4.31. The first-order valence-electron chi connectivity index (χ1n) is 6.25. The van der Waals surface area contributed by atoms with Gasteiger partial charge in [-0.25, -0.2) is 0 Å². The molecule has 0 heterocycles. The molecule has 0 fully saturated rings. The summed E-state index contributed by atoms with van der Waals surface area (Å²) in [7, 11) is -1.41. The Labute approximate surface area is 130 Å². The summed E-state index contributed by atoms with van der Waals surface area (Å²) in [6.07, 6.45) is 0. The molecule has 21 heavy (non-hydrogen) atoms. The first-order valence-corrected chi connectivity index (χ1v) is 7.95. The second-order valence-corrected chi connectivity index (χ2v) is 6.45. The van der Waals surface area contributed by atoms with Crippen LogP contribution in [0.5, 0.6) is 0 Å². The van der Waals surface area contributed by atoms with Crippen LogP contribution in [0.1, 0.15) is 5.56 Å². The maximum Gasteiger partial charge on any atom is 0.237 e. The quantitative estimate of drug-likeness (QED) is 0.850. The molecule has 0 saturated carbocycles. The topological polar surface area (TPSA) is 72.2 Å². The highest BCUT2D eigenvalue weighted by molar-refractivity contribution is 7.85. The molecule has 0 saturated heterocycles. The standard InChI is InChI=1S/C15H15ClN2O2S/c1-10-2-5-12(8-14(10)17)18-15(19)9-21(20)13-6-3-11(16)4-7-13/h2-8H,9,17H2,1H3,(H,18,19). The van der Waals surface area contributed by atoms with Gasteiger partial charge in [-0.15, -0.1) is 0 Å². The van der Waals surface area contributed by atoms with Gasteiger partial charge in [0, 0.05) is 21.3 Å². The SMILES string of the molecule is Cc1ccc(NC(=O)CS(=O)c2ccc(Cl)cc2)cc1N. The first kappa shape index (κ1) is 15.5. The van der Waals surface area contributed by atoms with Gasteiger partial charge in [0.15, 0.2) is 0 Å². The predicted molar refractivity (Wildman–Crippen MR) is 86.9 cm³/mol. The maximum absolute atomic E-state index is 12.1. The Morgan fingerprint density at radius 3 is 2.52 bits per heavy atom. The Balaban J connectivity index is 1.99. The zero-order valence-corrected chi connectivity index (χ0v) is 13.0. The fourth-order valence-electron chi connectivity index (χ4n) is 1.70. The minimum atomic E-state index is -1.41. The van der Waals surface area contributed by atoms with Crippen molar-refractivity contribution in [3.05, 3.63) is 53.1 Å². The van der Waals surface area contributed by atoms with Crippen molar-refractivity contribution >= 4 is 39.7 Å². The molecule has 2 aromatic rings. The van der Waals surface area contributed by atoms with Gasteiger partial charge in [0.1, 0.15) is 5.75 Å². The molecule has 2 aromatic carbocycles. The van der Waals surface area contributed by atoms with Crippen molar-refractivity contribution in [3.8, 4) is 0 Å². The van der Waals surface area contributed by atoms with Crippen molar-refractivity contribution in [3.63, 3.8) is 0 Å². The monoisotopic (exact) mass is 322 g/mol. The van der Waals surface area contributed by atoms with Crippen LogP contribution in [0.15, 0.2) is 47.4 Å². The number of aryl methyl sites for hydroxylation is 1. The smallest absolute Gasteiger partial charge is 0.237 e. The van der Waals surface area contributed by atoms with E-state index in [1.807, 2.05) is 13.0 Å². The lowest BCUT2D eigenvalue weighted by Crippen LogP contribution is -2.19. The number of hydrogen-bond acceptors (Lipinski definition) is 3. The molecule has 6 heteroatoms. The summed E-state index contributed by atoms with van der Waals surface area (Å²) in [6.45, 7) is 1.89. The van der Waals surface area contributed by atoms with Crippen LogP contribution in [0.2, 0.25) is 5.02 Å². The van der Waals surface area contributed by atoms with Crippen LogP contribution in [0, 0.1) is 6.92 Å². The van der Waals surface area contributed by atoms with Crippen LogP contribution in [0.25, 0.3) is 0 Å². The number of nitrogens with one attached hydrogen (secondary N) is 1. The van der Waals surface area contributed by atoms with Gasteiger partial charge in [-0.2, -0.15) is 0 Å². The molecule has 3 N–H and O–H groups in total. The van der Waals surface area contributed by atoms with Gasteiger partial charge < -0.3 is 11.1 Å². The molecular weight excluding hydrogens is 308 g/mol. The summed E-state index contributed by atoms with van der Waals surface area (Å²) in [6, 6.07) is 11.8. The number of carbonyl (C=O) groups excluding carboxylic acids is 1. The lowest BCUT2D eigenvalue weighted by atomic mass is 10.2. The fraction of sp³-hybridized carbons (Fsp3) is 0.133. The number of benzene rings is 2. The molecule has 1 unspecified atom stereocenters. The molecule has 0 aliphatic heterocycles. The summed E-state index contributed by atoms with van der Waals surface area (Å²) in [4.78, 5) is 12.5. The van der Waals surface area contributed by atoms with Crippen LogP contribution in [-0.2, 0) is 15.6 Å². The molecular formula is C15H15ClN2O2S. The van der Waals surface area contributed by atoms with Gasteiger partial charge in [0.2, 0.25) is 5.91 Å². The van der Waals surface area contributed by atoms with Crippen molar-refractivity contribution in [2.24, 2.45) is 0 Å². The molecule has 0 aliphatic rings. The lowest BCUT2D eigenvalue weighted by molar-refractivity contribution is -0.113. The minimum absolute atomic E-state index is 0.116. The number of hydrogen-bond donors (Lipinski definition) is 2. The second kappa shape index (κ2) is 6.74. The molecule has 0 spiro atoms. The molecule has 0 aromatic heterocycles. The number of nitrogen functional groups attached to an aromatic ring is 1. The third-order valence-electron chi connectivity index (χ3n) is 2.90. The first-order chi connectivity index (χ1) is 9.95. The van der Waals surface area contributed by atoms with E-state index in [0.717, 1.165) is 5.56 Å². The molecule has 1 atom stereocenters. The van der Waals surface area contributed by atoms with Gasteiger partial charge in [0.05, 0.1) is 10.8 Å². The van der Waals surface area contributed by atoms with Gasteiger partial charge in [-0.1, -0.05) is 17.7 Å². The Morgan fingerprint density at radius 2 is 1.90 bits per heavy atom. The van der Waals surface area contributed by atoms with E-state index in [2.05, 4.69) is 5.32 Å². The molecule has 110 valence electrons. The zero-order chi connectivity index (χ0) is 15.4. The second-order valence-electron chi connectivity index (χ2n) is 4.56. The van der Waals surface area contributed by atoms with Gasteiger partial charge in [-0.3, -0.25) is 9.00 Å². The van der Waals surface area contributed by atoms with E-state index in [-0.39, 0.29) is 11.7 Å². The van der Waals surface area contributed by atoms with Crippen molar-refractivity contribution in [1.82, 2.24) is 0 Å². The summed E-state index contributed by atoms with van der Waals surface area (Å²) in [5.74, 6) is -0.443. The number of amides is 1. The van der Waals surface area contributed by atoms with E-state index in [1.165, 1.54) is 0 Å². The number of anilines is 2. The van der Waals surface area contributed by atoms with Crippen LogP contribution in [0.4, 0.5) is 11.4 Å². The lowest BCUT2D eigenvalue weighted by Gasteiger charge is -2.07. The third-order valence-corrected chi connectivity index (χ3v) is 4.48. The number of nitrogens with two attached hydrogens (primary N) is 1. The van der Waals surface area contributed by atoms with E-state index in [4.69, 9.17) is 17.3 Å². The highest BCUT2D eigenvalue weighted by Gasteiger charge is 2.11. The van der Waals surface area contributed by atoms with Crippen LogP contribution >= 0.6 is 11.6 Å². The summed E-state index contributed by atoms with van der Waals surface area (Å²) >= 11 is 5.77. The average molecular weight is 323 g/mol. The number of rotatable bonds is 4. The molecule has 1 amide bonds. The van der Waals surface area contributed by atoms with Crippen LogP contribution in [-0.4, -0.2) is 15.9 Å². The normalized spacial score (nSPS) is 11.9. The number of halogens is 1. The van der Waals surface area contributed by atoms with E-state index in [9.17, 15) is 9.00 Å². The van der Waals surface area contributed by atoms with Gasteiger partial charge >= 0.3 is 0 Å². The van der Waals surface area contributed by atoms with Crippen LogP contribution < -0.4 is 11.1 Å². The minimum Gasteiger partial charge on any atom is -0.398 e. The average Bonchev–Trinajstić information content (AvgIpc) is 2.43. The summed E-state index contributed by atoms with van der Waals surface area (Å²) in [5, 5.41) is 3.25. The van der Waals surface area contributed by atoms with Crippen molar-refractivity contribution in [1.29, 1.82) is 0 Å². The number of carbonyl (C=O) groups is 1. The van der Waals surface area contributed by atoms with E-state index < -0.39 is 10.8 Å². The molecule has 0 radical (unpaired) electrons. The Hall–Kier alpha value is -1.85. The largest absolute Gasteiger partial charge is 0.398 e. The molecule has 4 nitrogen and oxygen atoms in total. The van der Waals surface area contributed by atoms with Crippen molar-refractivity contribution < 1.29 is 9.00 Å². The van der Waals surface area contributed by atoms with Gasteiger partial charge in [-0.05, 0) is 48.9 Å².